The van der Waals surface area contributed by atoms with Gasteiger partial charge in [0, 0.05) is 27.7 Å². The summed E-state index contributed by atoms with van der Waals surface area (Å²) >= 11 is 0. The van der Waals surface area contributed by atoms with Crippen LogP contribution in [0.5, 0.6) is 0 Å². The fourth-order valence-electron chi connectivity index (χ4n) is 3.02. The van der Waals surface area contributed by atoms with Gasteiger partial charge in [-0.1, -0.05) is 5.21 Å². The van der Waals surface area contributed by atoms with Crippen molar-refractivity contribution < 1.29 is 52.4 Å². The second-order valence-corrected chi connectivity index (χ2v) is 6.67. The van der Waals surface area contributed by atoms with Gasteiger partial charge in [0.15, 0.2) is 30.2 Å². The van der Waals surface area contributed by atoms with E-state index in [9.17, 15) is 24.0 Å². The van der Waals surface area contributed by atoms with Crippen LogP contribution in [-0.4, -0.2) is 83.0 Å². The lowest BCUT2D eigenvalue weighted by Gasteiger charge is -2.44. The van der Waals surface area contributed by atoms with Gasteiger partial charge in [0.1, 0.15) is 12.7 Å². The highest BCUT2D eigenvalue weighted by molar-refractivity contribution is 5.86. The van der Waals surface area contributed by atoms with Crippen LogP contribution in [-0.2, 0) is 47.6 Å². The molecule has 32 heavy (non-hydrogen) atoms. The Balaban J connectivity index is 2.53. The van der Waals surface area contributed by atoms with E-state index < -0.39 is 67.1 Å². The second kappa shape index (κ2) is 10.7. The van der Waals surface area contributed by atoms with E-state index >= 15 is 0 Å². The first-order valence-electron chi connectivity index (χ1n) is 9.34. The Morgan fingerprint density at radius 3 is 2.00 bits per heavy atom. The zero-order valence-electron chi connectivity index (χ0n) is 18.0. The van der Waals surface area contributed by atoms with Crippen molar-refractivity contribution in [2.45, 2.75) is 58.3 Å². The molecule has 1 aliphatic rings. The number of hydrogen-bond acceptors (Lipinski definition) is 13. The summed E-state index contributed by atoms with van der Waals surface area (Å²) in [6.45, 7) is 4.08. The topological polar surface area (TPSA) is 171 Å². The van der Waals surface area contributed by atoms with Gasteiger partial charge in [-0.3, -0.25) is 19.2 Å². The van der Waals surface area contributed by atoms with E-state index in [0.717, 1.165) is 45.7 Å². The minimum atomic E-state index is -1.37. The maximum atomic E-state index is 11.8. The molecule has 5 atom stereocenters. The normalized spacial score (nSPS) is 24.7. The minimum absolute atomic E-state index is 0.180. The first-order chi connectivity index (χ1) is 15.0. The van der Waals surface area contributed by atoms with Crippen molar-refractivity contribution in [3.63, 3.8) is 0 Å². The Morgan fingerprint density at radius 1 is 0.906 bits per heavy atom. The van der Waals surface area contributed by atoms with Crippen molar-refractivity contribution in [1.82, 2.24) is 15.0 Å². The Labute approximate surface area is 182 Å². The largest absolute Gasteiger partial charge is 0.464 e. The quantitative estimate of drug-likeness (QED) is 0.373. The molecule has 0 bridgehead atoms. The molecule has 0 N–H and O–H groups in total. The van der Waals surface area contributed by atoms with E-state index in [0.29, 0.717) is 0 Å². The standard InChI is InChI=1S/C18H23N3O11/c1-8(22)28-7-13-14(29-9(2)23)15(30-10(3)24)16(31-11(4)25)17(32-13)21-6-12(19-20-21)18(26)27-5/h6,13-17H,7H2,1-5H3/t13-,14-,15+,16-,17-/m1/s1. The van der Waals surface area contributed by atoms with Crippen LogP contribution in [0.1, 0.15) is 44.4 Å². The molecule has 176 valence electrons. The minimum Gasteiger partial charge on any atom is -0.464 e. The van der Waals surface area contributed by atoms with E-state index in [2.05, 4.69) is 15.0 Å². The molecule has 1 aromatic rings. The number of carbonyl (C=O) groups is 5. The highest BCUT2D eigenvalue weighted by Crippen LogP contribution is 2.34. The lowest BCUT2D eigenvalue weighted by atomic mass is 9.97. The van der Waals surface area contributed by atoms with Crippen molar-refractivity contribution >= 4 is 29.8 Å². The Kier molecular flexibility index (Phi) is 8.23. The van der Waals surface area contributed by atoms with Gasteiger partial charge in [-0.05, 0) is 0 Å². The summed E-state index contributed by atoms with van der Waals surface area (Å²) in [4.78, 5) is 58.4. The summed E-state index contributed by atoms with van der Waals surface area (Å²) in [5.41, 5.74) is -0.180. The lowest BCUT2D eigenvalue weighted by Crippen LogP contribution is -2.60. The Hall–Kier alpha value is -3.55. The average molecular weight is 457 g/mol. The second-order valence-electron chi connectivity index (χ2n) is 6.67. The molecule has 0 saturated carbocycles. The van der Waals surface area contributed by atoms with Gasteiger partial charge in [0.2, 0.25) is 0 Å². The van der Waals surface area contributed by atoms with Crippen LogP contribution in [0.25, 0.3) is 0 Å². The van der Waals surface area contributed by atoms with Gasteiger partial charge in [0.05, 0.1) is 13.3 Å². The predicted molar refractivity (Wildman–Crippen MR) is 98.6 cm³/mol. The molecule has 2 heterocycles. The Bertz CT molecular complexity index is 883. The van der Waals surface area contributed by atoms with Crippen LogP contribution in [0, 0.1) is 0 Å². The molecule has 1 aliphatic heterocycles. The summed E-state index contributed by atoms with van der Waals surface area (Å²) in [6.07, 6.45) is -5.35. The van der Waals surface area contributed by atoms with Crippen molar-refractivity contribution in [2.24, 2.45) is 0 Å². The third-order valence-corrected chi connectivity index (χ3v) is 4.13. The third-order valence-electron chi connectivity index (χ3n) is 4.13. The average Bonchev–Trinajstić information content (AvgIpc) is 3.17. The van der Waals surface area contributed by atoms with Gasteiger partial charge in [-0.15, -0.1) is 5.10 Å². The first-order valence-corrected chi connectivity index (χ1v) is 9.34. The van der Waals surface area contributed by atoms with Crippen molar-refractivity contribution in [3.8, 4) is 0 Å². The van der Waals surface area contributed by atoms with Crippen LogP contribution in [0.15, 0.2) is 6.20 Å². The van der Waals surface area contributed by atoms with Crippen LogP contribution in [0.3, 0.4) is 0 Å². The molecule has 1 saturated heterocycles. The SMILES string of the molecule is COC(=O)c1cn([C@@H]2O[C@H](COC(C)=O)[C@@H](OC(C)=O)[C@H](OC(C)=O)[C@H]2OC(C)=O)nn1. The summed E-state index contributed by atoms with van der Waals surface area (Å²) in [5.74, 6) is -3.73. The monoisotopic (exact) mass is 457 g/mol. The zero-order valence-corrected chi connectivity index (χ0v) is 18.0. The molecule has 0 aromatic carbocycles. The number of methoxy groups -OCH3 is 1. The number of ether oxygens (including phenoxy) is 6. The van der Waals surface area contributed by atoms with Gasteiger partial charge in [0.25, 0.3) is 0 Å². The molecule has 0 aliphatic carbocycles. The fraction of sp³-hybridized carbons (Fsp3) is 0.611. The van der Waals surface area contributed by atoms with Crippen molar-refractivity contribution in [1.29, 1.82) is 0 Å². The van der Waals surface area contributed by atoms with E-state index in [-0.39, 0.29) is 5.69 Å². The molecule has 0 amide bonds. The zero-order chi connectivity index (χ0) is 24.0. The lowest BCUT2D eigenvalue weighted by molar-refractivity contribution is -0.270. The van der Waals surface area contributed by atoms with Crippen molar-refractivity contribution in [2.75, 3.05) is 13.7 Å². The number of hydrogen-bond donors (Lipinski definition) is 0. The molecule has 14 nitrogen and oxygen atoms in total. The smallest absolute Gasteiger partial charge is 0.360 e. The third kappa shape index (κ3) is 6.23. The molecular formula is C18H23N3O11. The van der Waals surface area contributed by atoms with Gasteiger partial charge >= 0.3 is 29.8 Å². The number of nitrogens with zero attached hydrogens (tertiary/aromatic N) is 3. The van der Waals surface area contributed by atoms with E-state index in [4.69, 9.17) is 23.7 Å². The van der Waals surface area contributed by atoms with E-state index in [1.165, 1.54) is 0 Å². The van der Waals surface area contributed by atoms with Gasteiger partial charge < -0.3 is 28.4 Å². The highest BCUT2D eigenvalue weighted by atomic mass is 16.7. The molecule has 0 unspecified atom stereocenters. The van der Waals surface area contributed by atoms with E-state index in [1.807, 2.05) is 0 Å². The van der Waals surface area contributed by atoms with Crippen LogP contribution < -0.4 is 0 Å². The first kappa shape index (κ1) is 24.7. The van der Waals surface area contributed by atoms with Gasteiger partial charge in [-0.25, -0.2) is 9.48 Å². The number of esters is 5. The Morgan fingerprint density at radius 2 is 1.47 bits per heavy atom. The summed E-state index contributed by atoms with van der Waals surface area (Å²) in [6, 6.07) is 0. The molecule has 14 heteroatoms. The maximum Gasteiger partial charge on any atom is 0.360 e. The van der Waals surface area contributed by atoms with Crippen LogP contribution >= 0.6 is 0 Å². The molecule has 1 fully saturated rings. The molecule has 0 radical (unpaired) electrons. The number of carbonyl (C=O) groups excluding carboxylic acids is 5. The number of rotatable bonds is 7. The number of aromatic nitrogens is 3. The van der Waals surface area contributed by atoms with Crippen LogP contribution in [0.2, 0.25) is 0 Å². The predicted octanol–water partition coefficient (Wildman–Crippen LogP) is -0.680. The molecule has 0 spiro atoms. The highest BCUT2D eigenvalue weighted by Gasteiger charge is 2.53. The van der Waals surface area contributed by atoms with Crippen molar-refractivity contribution in [3.05, 3.63) is 11.9 Å². The molecule has 1 aromatic heterocycles. The summed E-state index contributed by atoms with van der Waals surface area (Å²) < 4.78 is 32.4. The van der Waals surface area contributed by atoms with Crippen LogP contribution in [0.4, 0.5) is 0 Å². The maximum absolute atomic E-state index is 11.8. The molecule has 2 rings (SSSR count). The fourth-order valence-corrected chi connectivity index (χ4v) is 3.02. The van der Waals surface area contributed by atoms with E-state index in [1.54, 1.807) is 0 Å². The molecular weight excluding hydrogens is 434 g/mol. The summed E-state index contributed by atoms with van der Waals surface area (Å²) in [7, 11) is 1.15. The van der Waals surface area contributed by atoms with Gasteiger partial charge in [-0.2, -0.15) is 0 Å². The summed E-state index contributed by atoms with van der Waals surface area (Å²) in [5, 5.41) is 7.46.